The Hall–Kier alpha value is -2.02. The standard InChI is InChI=1S/C25H32N4OS/c26-9-14-28-12-7-20(8-13-28)27-22-16-19(25(30)29-10-3-4-11-29)17-24-21(22)15-18-5-1-2-6-23(18)31-24/h1-2,5-6,16-17,20,27H,3-4,7-15,26H2. The number of fused-ring (bicyclic) bond motifs is 2. The molecule has 2 aromatic carbocycles. The highest BCUT2D eigenvalue weighted by Crippen LogP contribution is 2.43. The van der Waals surface area contributed by atoms with Crippen LogP contribution in [0.5, 0.6) is 0 Å². The summed E-state index contributed by atoms with van der Waals surface area (Å²) in [6, 6.07) is 13.3. The topological polar surface area (TPSA) is 61.6 Å². The lowest BCUT2D eigenvalue weighted by Crippen LogP contribution is -2.41. The maximum atomic E-state index is 13.2. The number of hydrogen-bond acceptors (Lipinski definition) is 5. The molecule has 3 heterocycles. The molecule has 2 saturated heterocycles. The van der Waals surface area contributed by atoms with Crippen molar-refractivity contribution in [3.63, 3.8) is 0 Å². The zero-order chi connectivity index (χ0) is 21.2. The Bertz CT molecular complexity index is 949. The number of rotatable bonds is 5. The molecule has 0 aromatic heterocycles. The van der Waals surface area contributed by atoms with Gasteiger partial charge in [-0.3, -0.25) is 4.79 Å². The molecular weight excluding hydrogens is 404 g/mol. The van der Waals surface area contributed by atoms with Gasteiger partial charge in [0.2, 0.25) is 0 Å². The van der Waals surface area contributed by atoms with Crippen LogP contribution in [-0.4, -0.2) is 61.0 Å². The Kier molecular flexibility index (Phi) is 6.21. The van der Waals surface area contributed by atoms with Gasteiger partial charge in [0.1, 0.15) is 0 Å². The van der Waals surface area contributed by atoms with E-state index in [0.29, 0.717) is 6.04 Å². The van der Waals surface area contributed by atoms with Crippen molar-refractivity contribution < 1.29 is 4.79 Å². The van der Waals surface area contributed by atoms with Gasteiger partial charge in [-0.2, -0.15) is 0 Å². The molecule has 0 radical (unpaired) electrons. The van der Waals surface area contributed by atoms with Gasteiger partial charge in [-0.1, -0.05) is 30.0 Å². The lowest BCUT2D eigenvalue weighted by molar-refractivity contribution is 0.0792. The van der Waals surface area contributed by atoms with Crippen molar-refractivity contribution >= 4 is 23.4 Å². The van der Waals surface area contributed by atoms with Crippen LogP contribution in [0.15, 0.2) is 46.2 Å². The van der Waals surface area contributed by atoms with Crippen molar-refractivity contribution in [2.75, 3.05) is 44.6 Å². The summed E-state index contributed by atoms with van der Waals surface area (Å²) in [6.45, 7) is 5.64. The van der Waals surface area contributed by atoms with E-state index in [1.807, 2.05) is 4.90 Å². The Morgan fingerprint density at radius 1 is 1.06 bits per heavy atom. The van der Waals surface area contributed by atoms with E-state index in [0.717, 1.165) is 82.6 Å². The smallest absolute Gasteiger partial charge is 0.253 e. The van der Waals surface area contributed by atoms with Crippen LogP contribution in [-0.2, 0) is 6.42 Å². The highest BCUT2D eigenvalue weighted by Gasteiger charge is 2.26. The predicted molar refractivity (Wildman–Crippen MR) is 127 cm³/mol. The Morgan fingerprint density at radius 2 is 1.84 bits per heavy atom. The van der Waals surface area contributed by atoms with Crippen LogP contribution in [0.2, 0.25) is 0 Å². The zero-order valence-corrected chi connectivity index (χ0v) is 18.9. The van der Waals surface area contributed by atoms with E-state index >= 15 is 0 Å². The Morgan fingerprint density at radius 3 is 2.61 bits per heavy atom. The average molecular weight is 437 g/mol. The molecule has 0 saturated carbocycles. The van der Waals surface area contributed by atoms with E-state index in [-0.39, 0.29) is 5.91 Å². The summed E-state index contributed by atoms with van der Waals surface area (Å²) in [5.74, 6) is 0.181. The molecule has 0 aliphatic carbocycles. The monoisotopic (exact) mass is 436 g/mol. The van der Waals surface area contributed by atoms with Crippen molar-refractivity contribution in [1.29, 1.82) is 0 Å². The molecule has 3 aliphatic rings. The number of carbonyl (C=O) groups excluding carboxylic acids is 1. The highest BCUT2D eigenvalue weighted by atomic mass is 32.2. The van der Waals surface area contributed by atoms with Gasteiger partial charge in [0, 0.05) is 72.8 Å². The second kappa shape index (κ2) is 9.23. The number of nitrogens with zero attached hydrogens (tertiary/aromatic N) is 2. The first-order valence-corrected chi connectivity index (χ1v) is 12.4. The minimum Gasteiger partial charge on any atom is -0.382 e. The number of hydrogen-bond donors (Lipinski definition) is 2. The van der Waals surface area contributed by atoms with Gasteiger partial charge in [-0.15, -0.1) is 0 Å². The second-order valence-electron chi connectivity index (χ2n) is 8.94. The normalized spacial score (nSPS) is 19.2. The highest BCUT2D eigenvalue weighted by molar-refractivity contribution is 7.99. The molecule has 0 bridgehead atoms. The Balaban J connectivity index is 1.43. The summed E-state index contributed by atoms with van der Waals surface area (Å²) in [4.78, 5) is 20.2. The summed E-state index contributed by atoms with van der Waals surface area (Å²) in [5, 5.41) is 3.85. The van der Waals surface area contributed by atoms with E-state index in [1.54, 1.807) is 11.8 Å². The fraction of sp³-hybridized carbons (Fsp3) is 0.480. The molecule has 5 rings (SSSR count). The molecule has 31 heavy (non-hydrogen) atoms. The number of piperidine rings is 1. The molecule has 0 atom stereocenters. The van der Waals surface area contributed by atoms with Crippen molar-refractivity contribution in [3.8, 4) is 0 Å². The van der Waals surface area contributed by atoms with Crippen LogP contribution in [0.4, 0.5) is 5.69 Å². The zero-order valence-electron chi connectivity index (χ0n) is 18.1. The third kappa shape index (κ3) is 4.47. The number of benzene rings is 2. The third-order valence-electron chi connectivity index (χ3n) is 6.80. The lowest BCUT2D eigenvalue weighted by Gasteiger charge is -2.34. The summed E-state index contributed by atoms with van der Waals surface area (Å²) < 4.78 is 0. The van der Waals surface area contributed by atoms with Crippen LogP contribution < -0.4 is 11.1 Å². The quantitative estimate of drug-likeness (QED) is 0.637. The first-order chi connectivity index (χ1) is 15.2. The van der Waals surface area contributed by atoms with E-state index in [1.165, 1.54) is 20.9 Å². The molecule has 1 amide bonds. The van der Waals surface area contributed by atoms with Gasteiger partial charge in [0.05, 0.1) is 0 Å². The molecule has 3 N–H and O–H groups in total. The molecule has 0 unspecified atom stereocenters. The molecule has 2 fully saturated rings. The van der Waals surface area contributed by atoms with E-state index in [9.17, 15) is 4.79 Å². The number of carbonyl (C=O) groups is 1. The van der Waals surface area contributed by atoms with Crippen molar-refractivity contribution in [3.05, 3.63) is 53.1 Å². The summed E-state index contributed by atoms with van der Waals surface area (Å²) >= 11 is 1.81. The van der Waals surface area contributed by atoms with Gasteiger partial charge < -0.3 is 20.9 Å². The van der Waals surface area contributed by atoms with E-state index in [4.69, 9.17) is 5.73 Å². The van der Waals surface area contributed by atoms with Gasteiger partial charge >= 0.3 is 0 Å². The summed E-state index contributed by atoms with van der Waals surface area (Å²) in [7, 11) is 0. The van der Waals surface area contributed by atoms with Crippen LogP contribution in [0.25, 0.3) is 0 Å². The minimum atomic E-state index is 0.181. The molecular formula is C25H32N4OS. The minimum absolute atomic E-state index is 0.181. The molecule has 164 valence electrons. The SMILES string of the molecule is NCCN1CCC(Nc2cc(C(=O)N3CCCC3)cc3c2Cc2ccccc2S3)CC1. The van der Waals surface area contributed by atoms with Gasteiger partial charge in [0.15, 0.2) is 0 Å². The summed E-state index contributed by atoms with van der Waals surface area (Å²) in [6.07, 6.45) is 5.38. The predicted octanol–water partition coefficient (Wildman–Crippen LogP) is 3.81. The average Bonchev–Trinajstić information content (AvgIpc) is 3.34. The van der Waals surface area contributed by atoms with Gasteiger partial charge in [-0.05, 0) is 55.0 Å². The first kappa shape index (κ1) is 20.9. The van der Waals surface area contributed by atoms with Crippen molar-refractivity contribution in [2.45, 2.75) is 47.9 Å². The number of anilines is 1. The van der Waals surface area contributed by atoms with Gasteiger partial charge in [-0.25, -0.2) is 0 Å². The number of nitrogens with one attached hydrogen (secondary N) is 1. The van der Waals surface area contributed by atoms with Crippen molar-refractivity contribution in [2.24, 2.45) is 5.73 Å². The molecule has 0 spiro atoms. The molecule has 3 aliphatic heterocycles. The lowest BCUT2D eigenvalue weighted by atomic mass is 9.98. The van der Waals surface area contributed by atoms with Crippen LogP contribution >= 0.6 is 11.8 Å². The largest absolute Gasteiger partial charge is 0.382 e. The number of likely N-dealkylation sites (tertiary alicyclic amines) is 2. The number of amides is 1. The summed E-state index contributed by atoms with van der Waals surface area (Å²) in [5.41, 5.74) is 10.4. The van der Waals surface area contributed by atoms with Gasteiger partial charge in [0.25, 0.3) is 5.91 Å². The molecule has 2 aromatic rings. The first-order valence-electron chi connectivity index (χ1n) is 11.6. The fourth-order valence-electron chi connectivity index (χ4n) is 5.04. The number of nitrogens with two attached hydrogens (primary N) is 1. The molecule has 5 nitrogen and oxygen atoms in total. The van der Waals surface area contributed by atoms with E-state index in [2.05, 4.69) is 46.6 Å². The second-order valence-corrected chi connectivity index (χ2v) is 10.0. The molecule has 6 heteroatoms. The van der Waals surface area contributed by atoms with Crippen LogP contribution in [0.1, 0.15) is 47.2 Å². The third-order valence-corrected chi connectivity index (χ3v) is 8.00. The van der Waals surface area contributed by atoms with Crippen LogP contribution in [0.3, 0.4) is 0 Å². The maximum Gasteiger partial charge on any atom is 0.253 e. The maximum absolute atomic E-state index is 13.2. The van der Waals surface area contributed by atoms with Crippen LogP contribution in [0, 0.1) is 0 Å². The fourth-order valence-corrected chi connectivity index (χ4v) is 6.18. The van der Waals surface area contributed by atoms with Crippen molar-refractivity contribution in [1.82, 2.24) is 9.80 Å². The Labute approximate surface area is 189 Å². The van der Waals surface area contributed by atoms with E-state index < -0.39 is 0 Å².